The molecule has 0 fully saturated rings. The van der Waals surface area contributed by atoms with Gasteiger partial charge in [0.1, 0.15) is 12.1 Å². The number of anilines is 1. The normalized spacial score (nSPS) is 12.1. The molecule has 0 aliphatic rings. The third kappa shape index (κ3) is 4.56. The molecule has 0 saturated heterocycles. The minimum absolute atomic E-state index is 0.193. The summed E-state index contributed by atoms with van der Waals surface area (Å²) >= 11 is 13.2. The first-order valence-corrected chi connectivity index (χ1v) is 8.99. The second-order valence-electron chi connectivity index (χ2n) is 5.19. The van der Waals surface area contributed by atoms with Gasteiger partial charge in [0.15, 0.2) is 5.16 Å². The summed E-state index contributed by atoms with van der Waals surface area (Å²) in [5, 5.41) is 11.9. The summed E-state index contributed by atoms with van der Waals surface area (Å²) in [5.41, 5.74) is 0.514. The van der Waals surface area contributed by atoms with Crippen molar-refractivity contribution in [1.82, 2.24) is 14.8 Å². The number of rotatable bonds is 6. The van der Waals surface area contributed by atoms with Crippen LogP contribution in [0.25, 0.3) is 0 Å². The summed E-state index contributed by atoms with van der Waals surface area (Å²) in [6, 6.07) is 8.60. The Labute approximate surface area is 158 Å². The molecule has 3 aromatic rings. The lowest BCUT2D eigenvalue weighted by Crippen LogP contribution is -2.23. The number of halogens is 2. The van der Waals surface area contributed by atoms with Gasteiger partial charge in [-0.3, -0.25) is 4.79 Å². The molecule has 1 atom stereocenters. The molecule has 9 heteroatoms. The second-order valence-corrected chi connectivity index (χ2v) is 7.35. The Morgan fingerprint density at radius 1 is 1.40 bits per heavy atom. The van der Waals surface area contributed by atoms with Crippen molar-refractivity contribution in [2.24, 2.45) is 0 Å². The standard InChI is InChI=1S/C16H14Cl2N4O2S/c1-10(15(23)20-14-5-4-11(17)7-13(14)18)25-16-21-19-9-22(16)8-12-3-2-6-24-12/h2-7,9-10H,8H2,1H3,(H,20,23). The number of furan rings is 1. The van der Waals surface area contributed by atoms with Crippen LogP contribution in [0.15, 0.2) is 52.5 Å². The van der Waals surface area contributed by atoms with Crippen LogP contribution < -0.4 is 5.32 Å². The highest BCUT2D eigenvalue weighted by Gasteiger charge is 2.19. The van der Waals surface area contributed by atoms with Crippen molar-refractivity contribution in [2.45, 2.75) is 23.9 Å². The zero-order chi connectivity index (χ0) is 17.8. The quantitative estimate of drug-likeness (QED) is 0.627. The average molecular weight is 397 g/mol. The molecule has 0 aliphatic heterocycles. The Balaban J connectivity index is 1.65. The van der Waals surface area contributed by atoms with Crippen molar-refractivity contribution < 1.29 is 9.21 Å². The first-order valence-electron chi connectivity index (χ1n) is 7.35. The minimum Gasteiger partial charge on any atom is -0.467 e. The van der Waals surface area contributed by atoms with E-state index in [1.165, 1.54) is 11.8 Å². The first-order chi connectivity index (χ1) is 12.0. The molecule has 0 spiro atoms. The molecule has 130 valence electrons. The number of carbonyl (C=O) groups is 1. The average Bonchev–Trinajstić information content (AvgIpc) is 3.23. The van der Waals surface area contributed by atoms with Crippen LogP contribution in [0, 0.1) is 0 Å². The summed E-state index contributed by atoms with van der Waals surface area (Å²) in [5.74, 6) is 0.591. The Bertz CT molecular complexity index is 867. The molecule has 2 heterocycles. The van der Waals surface area contributed by atoms with Crippen LogP contribution in [0.3, 0.4) is 0 Å². The van der Waals surface area contributed by atoms with Crippen LogP contribution >= 0.6 is 35.0 Å². The van der Waals surface area contributed by atoms with E-state index in [-0.39, 0.29) is 5.91 Å². The van der Waals surface area contributed by atoms with Gasteiger partial charge in [0.05, 0.1) is 28.8 Å². The van der Waals surface area contributed by atoms with Crippen LogP contribution in [-0.4, -0.2) is 25.9 Å². The molecular weight excluding hydrogens is 383 g/mol. The van der Waals surface area contributed by atoms with Gasteiger partial charge in [0.25, 0.3) is 0 Å². The number of hydrogen-bond donors (Lipinski definition) is 1. The SMILES string of the molecule is CC(Sc1nncn1Cc1ccco1)C(=O)Nc1ccc(Cl)cc1Cl. The largest absolute Gasteiger partial charge is 0.467 e. The molecule has 25 heavy (non-hydrogen) atoms. The van der Waals surface area contributed by atoms with Crippen LogP contribution in [0.2, 0.25) is 10.0 Å². The van der Waals surface area contributed by atoms with Gasteiger partial charge < -0.3 is 14.3 Å². The zero-order valence-electron chi connectivity index (χ0n) is 13.1. The number of amides is 1. The summed E-state index contributed by atoms with van der Waals surface area (Å²) in [6.45, 7) is 2.29. The van der Waals surface area contributed by atoms with Crippen molar-refractivity contribution >= 4 is 46.6 Å². The van der Waals surface area contributed by atoms with Crippen molar-refractivity contribution in [1.29, 1.82) is 0 Å². The predicted octanol–water partition coefficient (Wildman–Crippen LogP) is 4.35. The number of nitrogens with zero attached hydrogens (tertiary/aromatic N) is 3. The van der Waals surface area contributed by atoms with E-state index < -0.39 is 5.25 Å². The molecule has 3 rings (SSSR count). The van der Waals surface area contributed by atoms with E-state index in [1.54, 1.807) is 37.7 Å². The van der Waals surface area contributed by atoms with Crippen molar-refractivity contribution in [3.05, 3.63) is 58.7 Å². The van der Waals surface area contributed by atoms with Gasteiger partial charge in [-0.05, 0) is 37.3 Å². The van der Waals surface area contributed by atoms with E-state index in [0.29, 0.717) is 27.4 Å². The van der Waals surface area contributed by atoms with Crippen molar-refractivity contribution in [2.75, 3.05) is 5.32 Å². The molecular formula is C16H14Cl2N4O2S. The third-order valence-electron chi connectivity index (χ3n) is 3.33. The zero-order valence-corrected chi connectivity index (χ0v) is 15.5. The summed E-state index contributed by atoms with van der Waals surface area (Å²) in [4.78, 5) is 12.4. The second kappa shape index (κ2) is 7.95. The van der Waals surface area contributed by atoms with E-state index in [0.717, 1.165) is 5.76 Å². The lowest BCUT2D eigenvalue weighted by molar-refractivity contribution is -0.115. The third-order valence-corrected chi connectivity index (χ3v) is 4.97. The lowest BCUT2D eigenvalue weighted by Gasteiger charge is -2.13. The van der Waals surface area contributed by atoms with Gasteiger partial charge in [-0.25, -0.2) is 0 Å². The molecule has 0 saturated carbocycles. The van der Waals surface area contributed by atoms with Gasteiger partial charge in [0.2, 0.25) is 5.91 Å². The summed E-state index contributed by atoms with van der Waals surface area (Å²) in [7, 11) is 0. The van der Waals surface area contributed by atoms with E-state index in [4.69, 9.17) is 27.6 Å². The van der Waals surface area contributed by atoms with Crippen LogP contribution in [0.1, 0.15) is 12.7 Å². The van der Waals surface area contributed by atoms with Gasteiger partial charge in [-0.2, -0.15) is 0 Å². The Kier molecular flexibility index (Phi) is 5.67. The van der Waals surface area contributed by atoms with Crippen LogP contribution in [0.4, 0.5) is 5.69 Å². The molecule has 1 amide bonds. The van der Waals surface area contributed by atoms with E-state index in [2.05, 4.69) is 15.5 Å². The molecule has 1 N–H and O–H groups in total. The monoisotopic (exact) mass is 396 g/mol. The predicted molar refractivity (Wildman–Crippen MR) is 98.2 cm³/mol. The van der Waals surface area contributed by atoms with E-state index >= 15 is 0 Å². The fourth-order valence-electron chi connectivity index (χ4n) is 2.05. The van der Waals surface area contributed by atoms with Crippen molar-refractivity contribution in [3.8, 4) is 0 Å². The number of benzene rings is 1. The maximum absolute atomic E-state index is 12.4. The number of aromatic nitrogens is 3. The van der Waals surface area contributed by atoms with Gasteiger partial charge in [-0.15, -0.1) is 10.2 Å². The smallest absolute Gasteiger partial charge is 0.237 e. The Morgan fingerprint density at radius 3 is 2.96 bits per heavy atom. The Hall–Kier alpha value is -1.96. The molecule has 6 nitrogen and oxygen atoms in total. The van der Waals surface area contributed by atoms with Crippen LogP contribution in [0.5, 0.6) is 0 Å². The van der Waals surface area contributed by atoms with Gasteiger partial charge in [0, 0.05) is 5.02 Å². The molecule has 0 aliphatic carbocycles. The minimum atomic E-state index is -0.397. The highest BCUT2D eigenvalue weighted by atomic mass is 35.5. The maximum Gasteiger partial charge on any atom is 0.237 e. The molecule has 1 unspecified atom stereocenters. The van der Waals surface area contributed by atoms with E-state index in [1.807, 2.05) is 16.7 Å². The highest BCUT2D eigenvalue weighted by Crippen LogP contribution is 2.27. The fraction of sp³-hybridized carbons (Fsp3) is 0.188. The molecule has 2 aromatic heterocycles. The van der Waals surface area contributed by atoms with Crippen LogP contribution in [-0.2, 0) is 11.3 Å². The summed E-state index contributed by atoms with van der Waals surface area (Å²) in [6.07, 6.45) is 3.21. The van der Waals surface area contributed by atoms with Gasteiger partial charge >= 0.3 is 0 Å². The number of carbonyl (C=O) groups excluding carboxylic acids is 1. The maximum atomic E-state index is 12.4. The molecule has 0 bridgehead atoms. The number of nitrogens with one attached hydrogen (secondary N) is 1. The molecule has 1 aromatic carbocycles. The summed E-state index contributed by atoms with van der Waals surface area (Å²) < 4.78 is 7.15. The number of thioether (sulfide) groups is 1. The number of hydrogen-bond acceptors (Lipinski definition) is 5. The Morgan fingerprint density at radius 2 is 2.24 bits per heavy atom. The van der Waals surface area contributed by atoms with E-state index in [9.17, 15) is 4.79 Å². The molecule has 0 radical (unpaired) electrons. The van der Waals surface area contributed by atoms with Gasteiger partial charge in [-0.1, -0.05) is 35.0 Å². The lowest BCUT2D eigenvalue weighted by atomic mass is 10.3. The van der Waals surface area contributed by atoms with Crippen molar-refractivity contribution in [3.63, 3.8) is 0 Å². The first kappa shape index (κ1) is 17.8. The topological polar surface area (TPSA) is 73.0 Å². The fourth-order valence-corrected chi connectivity index (χ4v) is 3.33. The highest BCUT2D eigenvalue weighted by molar-refractivity contribution is 8.00.